The number of rotatable bonds is 7. The Labute approximate surface area is 284 Å². The molecular formula is C43H30N2S2. The Bertz CT molecular complexity index is 2260. The summed E-state index contributed by atoms with van der Waals surface area (Å²) in [5, 5.41) is 1.01. The van der Waals surface area contributed by atoms with E-state index in [0.717, 1.165) is 65.0 Å². The van der Waals surface area contributed by atoms with Crippen molar-refractivity contribution in [1.82, 2.24) is 4.98 Å². The van der Waals surface area contributed by atoms with Crippen LogP contribution in [0.15, 0.2) is 181 Å². The van der Waals surface area contributed by atoms with Gasteiger partial charge >= 0.3 is 0 Å². The van der Waals surface area contributed by atoms with Crippen molar-refractivity contribution in [2.24, 2.45) is 0 Å². The number of nitrogens with zero attached hydrogens (tertiary/aromatic N) is 2. The van der Waals surface area contributed by atoms with Gasteiger partial charge in [0.2, 0.25) is 0 Å². The van der Waals surface area contributed by atoms with Crippen molar-refractivity contribution in [2.45, 2.75) is 4.90 Å². The molecule has 0 aliphatic rings. The first-order valence-corrected chi connectivity index (χ1v) is 16.9. The Morgan fingerprint density at radius 3 is 1.43 bits per heavy atom. The predicted molar refractivity (Wildman–Crippen MR) is 203 cm³/mol. The minimum absolute atomic E-state index is 0.914. The van der Waals surface area contributed by atoms with E-state index >= 15 is 0 Å². The molecule has 4 heteroatoms. The van der Waals surface area contributed by atoms with Gasteiger partial charge in [0.25, 0.3) is 0 Å². The summed E-state index contributed by atoms with van der Waals surface area (Å²) in [6.45, 7) is 0. The van der Waals surface area contributed by atoms with E-state index in [9.17, 15) is 0 Å². The van der Waals surface area contributed by atoms with E-state index in [2.05, 4.69) is 175 Å². The molecule has 0 N–H and O–H groups in total. The van der Waals surface area contributed by atoms with Crippen molar-refractivity contribution in [3.63, 3.8) is 0 Å². The van der Waals surface area contributed by atoms with Gasteiger partial charge in [-0.25, -0.2) is 4.98 Å². The molecule has 0 saturated heterocycles. The van der Waals surface area contributed by atoms with Crippen molar-refractivity contribution in [2.75, 3.05) is 4.90 Å². The molecular weight excluding hydrogens is 609 g/mol. The summed E-state index contributed by atoms with van der Waals surface area (Å²) in [5.74, 6) is 0. The van der Waals surface area contributed by atoms with Gasteiger partial charge in [-0.15, -0.1) is 24.0 Å². The molecule has 2 nitrogen and oxygen atoms in total. The highest BCUT2D eigenvalue weighted by Crippen LogP contribution is 2.46. The summed E-state index contributed by atoms with van der Waals surface area (Å²) in [6.07, 6.45) is 0. The molecule has 0 atom stereocenters. The maximum Gasteiger partial charge on any atom is 0.124 e. The normalized spacial score (nSPS) is 11.1. The third-order valence-electron chi connectivity index (χ3n) is 8.40. The monoisotopic (exact) mass is 638 g/mol. The molecule has 0 aliphatic carbocycles. The van der Waals surface area contributed by atoms with Crippen LogP contribution in [0.5, 0.6) is 0 Å². The summed E-state index contributed by atoms with van der Waals surface area (Å²) in [7, 11) is 0. The molecule has 8 rings (SSSR count). The van der Waals surface area contributed by atoms with Crippen molar-refractivity contribution >= 4 is 51.2 Å². The number of fused-ring (bicyclic) bond motifs is 1. The third-order valence-corrected chi connectivity index (χ3v) is 9.89. The van der Waals surface area contributed by atoms with E-state index in [-0.39, 0.29) is 0 Å². The van der Waals surface area contributed by atoms with Gasteiger partial charge in [0.15, 0.2) is 0 Å². The van der Waals surface area contributed by atoms with Crippen LogP contribution < -0.4 is 4.90 Å². The summed E-state index contributed by atoms with van der Waals surface area (Å²) in [6, 6.07) is 61.8. The Morgan fingerprint density at radius 2 is 0.851 bits per heavy atom. The average molecular weight is 639 g/mol. The lowest BCUT2D eigenvalue weighted by atomic mass is 9.93. The summed E-state index contributed by atoms with van der Waals surface area (Å²) in [4.78, 5) is 8.30. The van der Waals surface area contributed by atoms with Crippen molar-refractivity contribution < 1.29 is 0 Å². The van der Waals surface area contributed by atoms with Crippen LogP contribution >= 0.6 is 24.0 Å². The number of aromatic nitrogens is 1. The molecule has 0 unspecified atom stereocenters. The van der Waals surface area contributed by atoms with Gasteiger partial charge in [0.1, 0.15) is 5.01 Å². The van der Waals surface area contributed by atoms with Crippen LogP contribution in [0.25, 0.3) is 54.2 Å². The Hall–Kier alpha value is -5.42. The zero-order valence-corrected chi connectivity index (χ0v) is 27.2. The molecule has 0 aliphatic heterocycles. The average Bonchev–Trinajstić information content (AvgIpc) is 3.57. The summed E-state index contributed by atoms with van der Waals surface area (Å²) < 4.78 is 1.16. The standard InChI is InChI=1S/C43H30N2S2/c46-39-29-38-42(47-43(44-38)34-17-9-3-10-18-34)41(40(39)32-15-7-2-8-16-32)33-23-27-37(28-24-33)45(35-19-11-4-12-20-35)36-25-21-31(22-26-36)30-13-5-1-6-14-30/h1-29,46H. The molecule has 0 amide bonds. The first-order valence-electron chi connectivity index (χ1n) is 15.6. The Kier molecular flexibility index (Phi) is 7.88. The van der Waals surface area contributed by atoms with Gasteiger partial charge in [-0.05, 0) is 64.7 Å². The lowest BCUT2D eigenvalue weighted by Gasteiger charge is -2.26. The number of hydrogen-bond acceptors (Lipinski definition) is 4. The van der Waals surface area contributed by atoms with Crippen LogP contribution in [0.1, 0.15) is 0 Å². The lowest BCUT2D eigenvalue weighted by molar-refractivity contribution is 1.28. The van der Waals surface area contributed by atoms with Gasteiger partial charge in [-0.1, -0.05) is 133 Å². The second-order valence-corrected chi connectivity index (χ2v) is 12.9. The zero-order chi connectivity index (χ0) is 31.6. The van der Waals surface area contributed by atoms with Gasteiger partial charge in [-0.2, -0.15) is 0 Å². The highest BCUT2D eigenvalue weighted by molar-refractivity contribution is 7.80. The fourth-order valence-corrected chi connectivity index (χ4v) is 7.65. The number of thiazole rings is 1. The fourth-order valence-electron chi connectivity index (χ4n) is 6.16. The highest BCUT2D eigenvalue weighted by Gasteiger charge is 2.20. The molecule has 8 aromatic rings. The lowest BCUT2D eigenvalue weighted by Crippen LogP contribution is -2.09. The molecule has 1 heterocycles. The maximum absolute atomic E-state index is 5.08. The number of hydrogen-bond donors (Lipinski definition) is 1. The van der Waals surface area contributed by atoms with Crippen LogP contribution in [0, 0.1) is 0 Å². The van der Waals surface area contributed by atoms with Crippen LogP contribution in [0.3, 0.4) is 0 Å². The van der Waals surface area contributed by atoms with Gasteiger partial charge in [0.05, 0.1) is 10.2 Å². The van der Waals surface area contributed by atoms with E-state index < -0.39 is 0 Å². The quantitative estimate of drug-likeness (QED) is 0.175. The van der Waals surface area contributed by atoms with Crippen molar-refractivity contribution in [1.29, 1.82) is 0 Å². The van der Waals surface area contributed by atoms with Crippen molar-refractivity contribution in [3.8, 4) is 44.0 Å². The number of benzene rings is 7. The van der Waals surface area contributed by atoms with Gasteiger partial charge < -0.3 is 4.90 Å². The van der Waals surface area contributed by atoms with Crippen LogP contribution in [0.2, 0.25) is 0 Å². The van der Waals surface area contributed by atoms with E-state index in [0.29, 0.717) is 0 Å². The van der Waals surface area contributed by atoms with Crippen LogP contribution in [0.4, 0.5) is 17.1 Å². The first-order chi connectivity index (χ1) is 23.2. The molecule has 1 aromatic heterocycles. The summed E-state index contributed by atoms with van der Waals surface area (Å²) in [5.41, 5.74) is 12.3. The third kappa shape index (κ3) is 5.74. The fraction of sp³-hybridized carbons (Fsp3) is 0. The minimum Gasteiger partial charge on any atom is -0.311 e. The Morgan fingerprint density at radius 1 is 0.426 bits per heavy atom. The molecule has 0 saturated carbocycles. The molecule has 224 valence electrons. The second kappa shape index (κ2) is 12.8. The van der Waals surface area contributed by atoms with Crippen LogP contribution in [-0.4, -0.2) is 4.98 Å². The Balaban J connectivity index is 1.26. The number of thiol groups is 1. The summed E-state index contributed by atoms with van der Waals surface area (Å²) >= 11 is 6.78. The van der Waals surface area contributed by atoms with Crippen LogP contribution in [-0.2, 0) is 0 Å². The van der Waals surface area contributed by atoms with Gasteiger partial charge in [0, 0.05) is 38.6 Å². The molecule has 0 radical (unpaired) electrons. The van der Waals surface area contributed by atoms with Gasteiger partial charge in [-0.3, -0.25) is 0 Å². The zero-order valence-electron chi connectivity index (χ0n) is 25.5. The second-order valence-electron chi connectivity index (χ2n) is 11.4. The molecule has 0 bridgehead atoms. The molecule has 0 spiro atoms. The van der Waals surface area contributed by atoms with E-state index in [1.165, 1.54) is 11.1 Å². The predicted octanol–water partition coefficient (Wildman–Crippen LogP) is 12.7. The number of anilines is 3. The van der Waals surface area contributed by atoms with E-state index in [4.69, 9.17) is 17.6 Å². The van der Waals surface area contributed by atoms with E-state index in [1.807, 2.05) is 6.07 Å². The topological polar surface area (TPSA) is 16.1 Å². The maximum atomic E-state index is 5.08. The largest absolute Gasteiger partial charge is 0.311 e. The smallest absolute Gasteiger partial charge is 0.124 e. The van der Waals surface area contributed by atoms with Crippen molar-refractivity contribution in [3.05, 3.63) is 176 Å². The molecule has 7 aromatic carbocycles. The first kappa shape index (κ1) is 29.0. The highest BCUT2D eigenvalue weighted by atomic mass is 32.1. The molecule has 0 fully saturated rings. The molecule has 47 heavy (non-hydrogen) atoms. The number of para-hydroxylation sites is 1. The SMILES string of the molecule is Sc1cc2nc(-c3ccccc3)sc2c(-c2ccc(N(c3ccccc3)c3ccc(-c4ccccc4)cc3)cc2)c1-c1ccccc1. The van der Waals surface area contributed by atoms with E-state index in [1.54, 1.807) is 11.3 Å². The minimum atomic E-state index is 0.914.